The van der Waals surface area contributed by atoms with Crippen molar-refractivity contribution in [3.63, 3.8) is 0 Å². The summed E-state index contributed by atoms with van der Waals surface area (Å²) < 4.78 is 0.942. The molecule has 0 aliphatic heterocycles. The smallest absolute Gasteiger partial charge is 0.0569 e. The van der Waals surface area contributed by atoms with Gasteiger partial charge in [-0.2, -0.15) is 0 Å². The lowest BCUT2D eigenvalue weighted by Crippen LogP contribution is -2.14. The molecule has 0 heterocycles. The third-order valence-electron chi connectivity index (χ3n) is 3.18. The van der Waals surface area contributed by atoms with Crippen LogP contribution >= 0.6 is 39.1 Å². The molecule has 19 heavy (non-hydrogen) atoms. The fourth-order valence-corrected chi connectivity index (χ4v) is 3.07. The highest BCUT2D eigenvalue weighted by Crippen LogP contribution is 2.32. The van der Waals surface area contributed by atoms with E-state index in [1.807, 2.05) is 44.2 Å². The van der Waals surface area contributed by atoms with Gasteiger partial charge in [-0.25, -0.2) is 0 Å². The molecule has 2 aromatic rings. The Morgan fingerprint density at radius 1 is 0.947 bits per heavy atom. The van der Waals surface area contributed by atoms with E-state index in [0.717, 1.165) is 31.7 Å². The van der Waals surface area contributed by atoms with Crippen molar-refractivity contribution >= 4 is 39.1 Å². The summed E-state index contributed by atoms with van der Waals surface area (Å²) >= 11 is 15.8. The molecule has 4 heteroatoms. The second kappa shape index (κ2) is 5.84. The number of aryl methyl sites for hydroxylation is 2. The minimum Gasteiger partial charge on any atom is -0.320 e. The minimum atomic E-state index is -0.253. The molecule has 0 amide bonds. The zero-order valence-electron chi connectivity index (χ0n) is 10.7. The maximum Gasteiger partial charge on any atom is 0.0569 e. The molecular weight excluding hydrogens is 345 g/mol. The molecule has 0 aromatic heterocycles. The van der Waals surface area contributed by atoms with Crippen LogP contribution in [-0.4, -0.2) is 0 Å². The van der Waals surface area contributed by atoms with Crippen LogP contribution in [0.3, 0.4) is 0 Å². The van der Waals surface area contributed by atoms with E-state index in [1.165, 1.54) is 0 Å². The first kappa shape index (κ1) is 14.9. The molecule has 100 valence electrons. The zero-order chi connectivity index (χ0) is 14.2. The molecule has 1 atom stereocenters. The minimum absolute atomic E-state index is 0.253. The average molecular weight is 359 g/mol. The van der Waals surface area contributed by atoms with Gasteiger partial charge in [-0.15, -0.1) is 0 Å². The Bertz CT molecular complexity index is 626. The van der Waals surface area contributed by atoms with Crippen molar-refractivity contribution in [2.45, 2.75) is 19.9 Å². The van der Waals surface area contributed by atoms with Crippen LogP contribution in [0.1, 0.15) is 28.3 Å². The van der Waals surface area contributed by atoms with Gasteiger partial charge in [0.2, 0.25) is 0 Å². The first-order valence-electron chi connectivity index (χ1n) is 5.87. The second-order valence-electron chi connectivity index (χ2n) is 4.60. The maximum atomic E-state index is 6.34. The fraction of sp³-hybridized carbons (Fsp3) is 0.200. The van der Waals surface area contributed by atoms with Crippen molar-refractivity contribution in [2.75, 3.05) is 0 Å². The highest BCUT2D eigenvalue weighted by molar-refractivity contribution is 9.10. The van der Waals surface area contributed by atoms with E-state index in [-0.39, 0.29) is 6.04 Å². The Morgan fingerprint density at radius 3 is 2.26 bits per heavy atom. The van der Waals surface area contributed by atoms with Crippen molar-refractivity contribution in [1.29, 1.82) is 0 Å². The summed E-state index contributed by atoms with van der Waals surface area (Å²) in [6, 6.07) is 9.46. The SMILES string of the molecule is Cc1cc(C(N)c2ccc(Br)cc2Cl)c(C)cc1Cl. The van der Waals surface area contributed by atoms with E-state index in [1.54, 1.807) is 0 Å². The van der Waals surface area contributed by atoms with Gasteiger partial charge in [0.05, 0.1) is 6.04 Å². The van der Waals surface area contributed by atoms with Gasteiger partial charge < -0.3 is 5.73 Å². The normalized spacial score (nSPS) is 12.5. The molecule has 0 bridgehead atoms. The highest BCUT2D eigenvalue weighted by Gasteiger charge is 2.16. The first-order chi connectivity index (χ1) is 8.90. The lowest BCUT2D eigenvalue weighted by atomic mass is 9.94. The van der Waals surface area contributed by atoms with Crippen molar-refractivity contribution in [2.24, 2.45) is 5.73 Å². The summed E-state index contributed by atoms with van der Waals surface area (Å²) in [6.45, 7) is 3.98. The van der Waals surface area contributed by atoms with E-state index >= 15 is 0 Å². The third kappa shape index (κ3) is 3.14. The van der Waals surface area contributed by atoms with E-state index < -0.39 is 0 Å². The summed E-state index contributed by atoms with van der Waals surface area (Å²) in [5.74, 6) is 0. The number of rotatable bonds is 2. The zero-order valence-corrected chi connectivity index (χ0v) is 13.8. The van der Waals surface area contributed by atoms with Gasteiger partial charge >= 0.3 is 0 Å². The van der Waals surface area contributed by atoms with Crippen LogP contribution in [-0.2, 0) is 0 Å². The van der Waals surface area contributed by atoms with E-state index in [4.69, 9.17) is 28.9 Å². The molecule has 2 N–H and O–H groups in total. The quantitative estimate of drug-likeness (QED) is 0.761. The van der Waals surface area contributed by atoms with Crippen LogP contribution < -0.4 is 5.73 Å². The van der Waals surface area contributed by atoms with Gasteiger partial charge in [-0.3, -0.25) is 0 Å². The summed E-state index contributed by atoms with van der Waals surface area (Å²) in [6.07, 6.45) is 0. The molecule has 2 rings (SSSR count). The Balaban J connectivity index is 2.49. The van der Waals surface area contributed by atoms with Gasteiger partial charge in [0.25, 0.3) is 0 Å². The number of benzene rings is 2. The molecule has 0 spiro atoms. The average Bonchev–Trinajstić information content (AvgIpc) is 2.33. The molecule has 1 unspecified atom stereocenters. The summed E-state index contributed by atoms with van der Waals surface area (Å²) in [4.78, 5) is 0. The maximum absolute atomic E-state index is 6.34. The van der Waals surface area contributed by atoms with E-state index in [2.05, 4.69) is 15.9 Å². The van der Waals surface area contributed by atoms with E-state index in [0.29, 0.717) is 5.02 Å². The Hall–Kier alpha value is -0.540. The van der Waals surface area contributed by atoms with Crippen molar-refractivity contribution < 1.29 is 0 Å². The van der Waals surface area contributed by atoms with Gasteiger partial charge in [0.15, 0.2) is 0 Å². The molecular formula is C15H14BrCl2N. The number of halogens is 3. The number of hydrogen-bond donors (Lipinski definition) is 1. The van der Waals surface area contributed by atoms with Crippen molar-refractivity contribution in [3.8, 4) is 0 Å². The van der Waals surface area contributed by atoms with Gasteiger partial charge in [0.1, 0.15) is 0 Å². The summed E-state index contributed by atoms with van der Waals surface area (Å²) in [5, 5.41) is 1.42. The summed E-state index contributed by atoms with van der Waals surface area (Å²) in [7, 11) is 0. The fourth-order valence-electron chi connectivity index (χ4n) is 2.06. The molecule has 0 fully saturated rings. The topological polar surface area (TPSA) is 26.0 Å². The largest absolute Gasteiger partial charge is 0.320 e. The third-order valence-corrected chi connectivity index (χ3v) is 4.41. The molecule has 0 aliphatic carbocycles. The van der Waals surface area contributed by atoms with Crippen LogP contribution in [0.25, 0.3) is 0 Å². The summed E-state index contributed by atoms with van der Waals surface area (Å²) in [5.41, 5.74) is 10.4. The Labute approximate surface area is 131 Å². The predicted octanol–water partition coefficient (Wildman–Crippen LogP) is 5.42. The molecule has 0 saturated heterocycles. The monoisotopic (exact) mass is 357 g/mol. The second-order valence-corrected chi connectivity index (χ2v) is 6.33. The van der Waals surface area contributed by atoms with Crippen LogP contribution in [0.4, 0.5) is 0 Å². The van der Waals surface area contributed by atoms with Crippen LogP contribution in [0, 0.1) is 13.8 Å². The van der Waals surface area contributed by atoms with Crippen molar-refractivity contribution in [3.05, 3.63) is 67.1 Å². The first-order valence-corrected chi connectivity index (χ1v) is 7.42. The van der Waals surface area contributed by atoms with Gasteiger partial charge in [-0.1, -0.05) is 51.3 Å². The van der Waals surface area contributed by atoms with Crippen LogP contribution in [0.5, 0.6) is 0 Å². The molecule has 1 nitrogen and oxygen atoms in total. The van der Waals surface area contributed by atoms with E-state index in [9.17, 15) is 0 Å². The molecule has 0 aliphatic rings. The molecule has 0 saturated carbocycles. The molecule has 2 aromatic carbocycles. The standard InChI is InChI=1S/C15H14BrCl2N/c1-8-6-13(17)9(2)5-12(8)15(19)11-4-3-10(16)7-14(11)18/h3-7,15H,19H2,1-2H3. The number of nitrogens with two attached hydrogens (primary N) is 1. The Kier molecular flexibility index (Phi) is 4.57. The Morgan fingerprint density at radius 2 is 1.63 bits per heavy atom. The van der Waals surface area contributed by atoms with Crippen molar-refractivity contribution in [1.82, 2.24) is 0 Å². The lowest BCUT2D eigenvalue weighted by molar-refractivity contribution is 0.859. The number of hydrogen-bond acceptors (Lipinski definition) is 1. The molecule has 0 radical (unpaired) electrons. The van der Waals surface area contributed by atoms with Crippen LogP contribution in [0.15, 0.2) is 34.8 Å². The lowest BCUT2D eigenvalue weighted by Gasteiger charge is -2.18. The predicted molar refractivity (Wildman–Crippen MR) is 86.1 cm³/mol. The van der Waals surface area contributed by atoms with Gasteiger partial charge in [-0.05, 0) is 54.3 Å². The van der Waals surface area contributed by atoms with Gasteiger partial charge in [0, 0.05) is 14.5 Å². The van der Waals surface area contributed by atoms with Crippen LogP contribution in [0.2, 0.25) is 10.0 Å². The highest BCUT2D eigenvalue weighted by atomic mass is 79.9.